The number of methoxy groups -OCH3 is 1. The fourth-order valence-electron chi connectivity index (χ4n) is 0.898. The minimum Gasteiger partial charge on any atom is -0.465 e. The van der Waals surface area contributed by atoms with Gasteiger partial charge in [-0.1, -0.05) is 0 Å². The van der Waals surface area contributed by atoms with Crippen LogP contribution in [0, 0.1) is 3.57 Å². The lowest BCUT2D eigenvalue weighted by Crippen LogP contribution is -2.03. The van der Waals surface area contributed by atoms with E-state index in [0.717, 1.165) is 8.47 Å². The van der Waals surface area contributed by atoms with Crippen LogP contribution in [0.2, 0.25) is 0 Å². The minimum absolute atomic E-state index is 0.277. The minimum atomic E-state index is -0.277. The van der Waals surface area contributed by atoms with Crippen molar-refractivity contribution in [2.45, 2.75) is 4.90 Å². The second-order valence-electron chi connectivity index (χ2n) is 2.34. The first kappa shape index (κ1) is 10.8. The van der Waals surface area contributed by atoms with Crippen LogP contribution in [0.15, 0.2) is 23.1 Å². The van der Waals surface area contributed by atoms with E-state index in [1.807, 2.05) is 24.5 Å². The summed E-state index contributed by atoms with van der Waals surface area (Å²) in [5.74, 6) is -0.277. The van der Waals surface area contributed by atoms with E-state index in [1.54, 1.807) is 11.8 Å². The molecule has 4 heteroatoms. The second-order valence-corrected chi connectivity index (χ2v) is 4.38. The largest absolute Gasteiger partial charge is 0.465 e. The average Bonchev–Trinajstić information content (AvgIpc) is 2.17. The molecular weight excluding hydrogens is 299 g/mol. The molecule has 0 aliphatic rings. The van der Waals surface area contributed by atoms with Crippen molar-refractivity contribution in [3.63, 3.8) is 0 Å². The van der Waals surface area contributed by atoms with Crippen molar-refractivity contribution >= 4 is 40.3 Å². The lowest BCUT2D eigenvalue weighted by atomic mass is 10.2. The summed E-state index contributed by atoms with van der Waals surface area (Å²) in [6, 6.07) is 5.75. The molecule has 0 aromatic heterocycles. The monoisotopic (exact) mass is 308 g/mol. The van der Waals surface area contributed by atoms with Crippen LogP contribution in [-0.2, 0) is 4.74 Å². The van der Waals surface area contributed by atoms with Crippen molar-refractivity contribution in [1.29, 1.82) is 0 Å². The Kier molecular flexibility index (Phi) is 4.05. The predicted octanol–water partition coefficient (Wildman–Crippen LogP) is 2.80. The number of carbonyl (C=O) groups excluding carboxylic acids is 1. The van der Waals surface area contributed by atoms with Crippen molar-refractivity contribution in [1.82, 2.24) is 0 Å². The second kappa shape index (κ2) is 4.85. The number of halogens is 1. The molecule has 2 nitrogen and oxygen atoms in total. The van der Waals surface area contributed by atoms with E-state index >= 15 is 0 Å². The first-order valence-corrected chi connectivity index (χ1v) is 5.91. The summed E-state index contributed by atoms with van der Waals surface area (Å²) in [6.07, 6.45) is 1.98. The predicted molar refractivity (Wildman–Crippen MR) is 62.3 cm³/mol. The Hall–Kier alpha value is -0.230. The zero-order chi connectivity index (χ0) is 9.84. The molecule has 1 rings (SSSR count). The molecule has 0 fully saturated rings. The maximum absolute atomic E-state index is 11.3. The van der Waals surface area contributed by atoms with Gasteiger partial charge in [0.2, 0.25) is 0 Å². The average molecular weight is 308 g/mol. The molecule has 1 aromatic carbocycles. The molecule has 13 heavy (non-hydrogen) atoms. The molecule has 0 N–H and O–H groups in total. The van der Waals surface area contributed by atoms with E-state index < -0.39 is 0 Å². The molecule has 0 atom stereocenters. The molecule has 1 aromatic rings. The van der Waals surface area contributed by atoms with Crippen LogP contribution in [0.5, 0.6) is 0 Å². The Morgan fingerprint density at radius 1 is 1.54 bits per heavy atom. The summed E-state index contributed by atoms with van der Waals surface area (Å²) < 4.78 is 5.58. The topological polar surface area (TPSA) is 26.3 Å². The van der Waals surface area contributed by atoms with Crippen LogP contribution in [0.1, 0.15) is 10.4 Å². The van der Waals surface area contributed by atoms with Gasteiger partial charge < -0.3 is 4.74 Å². The molecule has 0 radical (unpaired) electrons. The van der Waals surface area contributed by atoms with E-state index in [-0.39, 0.29) is 5.97 Å². The quantitative estimate of drug-likeness (QED) is 0.477. The van der Waals surface area contributed by atoms with E-state index in [1.165, 1.54) is 7.11 Å². The molecule has 0 aliphatic carbocycles. The van der Waals surface area contributed by atoms with Gasteiger partial charge in [-0.25, -0.2) is 4.79 Å². The van der Waals surface area contributed by atoms with Gasteiger partial charge >= 0.3 is 5.97 Å². The molecule has 0 heterocycles. The highest BCUT2D eigenvalue weighted by molar-refractivity contribution is 14.1. The molecular formula is C9H9IO2S. The molecule has 0 saturated heterocycles. The summed E-state index contributed by atoms with van der Waals surface area (Å²) in [5, 5.41) is 0. The molecule has 0 bridgehead atoms. The third-order valence-electron chi connectivity index (χ3n) is 1.58. The molecule has 0 aliphatic heterocycles. The normalized spacial score (nSPS) is 9.77. The summed E-state index contributed by atoms with van der Waals surface area (Å²) in [5.41, 5.74) is 0.634. The van der Waals surface area contributed by atoms with Crippen molar-refractivity contribution in [3.8, 4) is 0 Å². The molecule has 0 spiro atoms. The number of esters is 1. The van der Waals surface area contributed by atoms with Gasteiger partial charge in [-0.05, 0) is 47.0 Å². The number of rotatable bonds is 2. The molecule has 0 unspecified atom stereocenters. The van der Waals surface area contributed by atoms with Gasteiger partial charge in [0.25, 0.3) is 0 Å². The van der Waals surface area contributed by atoms with Gasteiger partial charge in [0.05, 0.1) is 12.7 Å². The number of benzene rings is 1. The van der Waals surface area contributed by atoms with Gasteiger partial charge in [-0.2, -0.15) is 0 Å². The Bertz CT molecular complexity index is 325. The van der Waals surface area contributed by atoms with Gasteiger partial charge in [-0.15, -0.1) is 11.8 Å². The Morgan fingerprint density at radius 2 is 2.23 bits per heavy atom. The maximum Gasteiger partial charge on any atom is 0.338 e. The fraction of sp³-hybridized carbons (Fsp3) is 0.222. The van der Waals surface area contributed by atoms with Crippen LogP contribution >= 0.6 is 34.4 Å². The first-order valence-electron chi connectivity index (χ1n) is 3.61. The van der Waals surface area contributed by atoms with E-state index in [9.17, 15) is 4.79 Å². The van der Waals surface area contributed by atoms with Gasteiger partial charge in [0, 0.05) is 8.47 Å². The van der Waals surface area contributed by atoms with Gasteiger partial charge in [0.15, 0.2) is 0 Å². The van der Waals surface area contributed by atoms with Crippen molar-refractivity contribution < 1.29 is 9.53 Å². The van der Waals surface area contributed by atoms with Crippen molar-refractivity contribution in [2.75, 3.05) is 13.4 Å². The Labute approximate surface area is 95.2 Å². The van der Waals surface area contributed by atoms with Crippen LogP contribution in [-0.4, -0.2) is 19.3 Å². The highest BCUT2D eigenvalue weighted by Crippen LogP contribution is 2.21. The third kappa shape index (κ3) is 2.60. The highest BCUT2D eigenvalue weighted by Gasteiger charge is 2.10. The Balaban J connectivity index is 3.11. The molecule has 0 amide bonds. The highest BCUT2D eigenvalue weighted by atomic mass is 127. The lowest BCUT2D eigenvalue weighted by molar-refractivity contribution is 0.0599. The smallest absolute Gasteiger partial charge is 0.338 e. The zero-order valence-corrected chi connectivity index (χ0v) is 10.3. The van der Waals surface area contributed by atoms with Crippen LogP contribution in [0.3, 0.4) is 0 Å². The van der Waals surface area contributed by atoms with Gasteiger partial charge in [-0.3, -0.25) is 0 Å². The van der Waals surface area contributed by atoms with Gasteiger partial charge in [0.1, 0.15) is 0 Å². The first-order chi connectivity index (χ1) is 6.19. The molecule has 0 saturated carbocycles. The van der Waals surface area contributed by atoms with Crippen LogP contribution in [0.25, 0.3) is 0 Å². The zero-order valence-electron chi connectivity index (χ0n) is 7.33. The fourth-order valence-corrected chi connectivity index (χ4v) is 1.89. The molecule has 70 valence electrons. The van der Waals surface area contributed by atoms with E-state index in [4.69, 9.17) is 0 Å². The van der Waals surface area contributed by atoms with Crippen LogP contribution in [0.4, 0.5) is 0 Å². The Morgan fingerprint density at radius 3 is 2.77 bits per heavy atom. The summed E-state index contributed by atoms with van der Waals surface area (Å²) in [6.45, 7) is 0. The van der Waals surface area contributed by atoms with Crippen LogP contribution < -0.4 is 0 Å². The number of hydrogen-bond donors (Lipinski definition) is 0. The van der Waals surface area contributed by atoms with Crippen molar-refractivity contribution in [3.05, 3.63) is 27.3 Å². The summed E-state index contributed by atoms with van der Waals surface area (Å²) >= 11 is 3.73. The van der Waals surface area contributed by atoms with Crippen molar-refractivity contribution in [2.24, 2.45) is 0 Å². The number of thioether (sulfide) groups is 1. The SMILES string of the molecule is COC(=O)c1cc(SC)ccc1I. The third-order valence-corrected chi connectivity index (χ3v) is 3.24. The number of hydrogen-bond acceptors (Lipinski definition) is 3. The number of carbonyl (C=O) groups is 1. The lowest BCUT2D eigenvalue weighted by Gasteiger charge is -2.03. The maximum atomic E-state index is 11.3. The summed E-state index contributed by atoms with van der Waals surface area (Å²) in [4.78, 5) is 12.3. The number of ether oxygens (including phenoxy) is 1. The van der Waals surface area contributed by atoms with E-state index in [0.29, 0.717) is 5.56 Å². The standard InChI is InChI=1S/C9H9IO2S/c1-12-9(11)7-5-6(13-2)3-4-8(7)10/h3-5H,1-2H3. The summed E-state index contributed by atoms with van der Waals surface area (Å²) in [7, 11) is 1.39. The van der Waals surface area contributed by atoms with E-state index in [2.05, 4.69) is 27.3 Å².